The number of carbonyl (C=O) groups is 2. The predicted octanol–water partition coefficient (Wildman–Crippen LogP) is 4.69. The van der Waals surface area contributed by atoms with Gasteiger partial charge in [-0.05, 0) is 43.2 Å². The second-order valence-electron chi connectivity index (χ2n) is 7.16. The number of benzene rings is 2. The van der Waals surface area contributed by atoms with Gasteiger partial charge in [-0.1, -0.05) is 29.8 Å². The summed E-state index contributed by atoms with van der Waals surface area (Å²) in [4.78, 5) is 29.0. The highest BCUT2D eigenvalue weighted by Crippen LogP contribution is 2.45. The largest absolute Gasteiger partial charge is 0.324 e. The van der Waals surface area contributed by atoms with Crippen molar-refractivity contribution in [1.29, 1.82) is 0 Å². The third-order valence-electron chi connectivity index (χ3n) is 5.43. The van der Waals surface area contributed by atoms with E-state index in [2.05, 4.69) is 5.32 Å². The Morgan fingerprint density at radius 3 is 2.55 bits per heavy atom. The second kappa shape index (κ2) is 8.24. The van der Waals surface area contributed by atoms with Crippen LogP contribution in [0.4, 0.5) is 14.9 Å². The third kappa shape index (κ3) is 4.07. The van der Waals surface area contributed by atoms with Crippen molar-refractivity contribution in [2.45, 2.75) is 17.7 Å². The molecule has 8 heteroatoms. The van der Waals surface area contributed by atoms with Gasteiger partial charge in [-0.25, -0.2) is 9.18 Å². The van der Waals surface area contributed by atoms with E-state index >= 15 is 0 Å². The normalized spacial score (nSPS) is 18.1. The minimum absolute atomic E-state index is 0.0572. The number of nitrogens with one attached hydrogen (secondary N) is 1. The Kier molecular flexibility index (Phi) is 5.69. The van der Waals surface area contributed by atoms with Gasteiger partial charge in [0.2, 0.25) is 0 Å². The molecule has 1 spiro atoms. The van der Waals surface area contributed by atoms with E-state index in [1.54, 1.807) is 40.9 Å². The van der Waals surface area contributed by atoms with Gasteiger partial charge < -0.3 is 15.1 Å². The molecule has 0 saturated carbocycles. The van der Waals surface area contributed by atoms with E-state index in [-0.39, 0.29) is 16.8 Å². The molecule has 5 nitrogen and oxygen atoms in total. The molecule has 0 unspecified atom stereocenters. The highest BCUT2D eigenvalue weighted by atomic mass is 35.5. The number of urea groups is 1. The van der Waals surface area contributed by atoms with Gasteiger partial charge in [0.15, 0.2) is 0 Å². The van der Waals surface area contributed by atoms with Crippen molar-refractivity contribution in [3.8, 4) is 0 Å². The first-order valence-corrected chi connectivity index (χ1v) is 10.9. The molecule has 0 radical (unpaired) electrons. The summed E-state index contributed by atoms with van der Waals surface area (Å²) in [5, 5.41) is 3.20. The number of hydrogen-bond donors (Lipinski definition) is 1. The predicted molar refractivity (Wildman–Crippen MR) is 114 cm³/mol. The van der Waals surface area contributed by atoms with Crippen LogP contribution in [-0.4, -0.2) is 52.0 Å². The number of hydrogen-bond acceptors (Lipinski definition) is 3. The number of amides is 3. The highest BCUT2D eigenvalue weighted by molar-refractivity contribution is 8.00. The number of anilines is 1. The van der Waals surface area contributed by atoms with Crippen LogP contribution in [0.1, 0.15) is 23.2 Å². The molecule has 29 heavy (non-hydrogen) atoms. The van der Waals surface area contributed by atoms with Crippen molar-refractivity contribution in [3.05, 3.63) is 64.9 Å². The summed E-state index contributed by atoms with van der Waals surface area (Å²) >= 11 is 8.01. The lowest BCUT2D eigenvalue weighted by atomic mass is 10.0. The van der Waals surface area contributed by atoms with Gasteiger partial charge in [0.25, 0.3) is 5.91 Å². The zero-order chi connectivity index (χ0) is 20.4. The van der Waals surface area contributed by atoms with Gasteiger partial charge in [0.05, 0.1) is 15.5 Å². The summed E-state index contributed by atoms with van der Waals surface area (Å²) in [7, 11) is 0. The molecule has 152 valence electrons. The van der Waals surface area contributed by atoms with Crippen LogP contribution in [0.3, 0.4) is 0 Å². The molecule has 2 aromatic rings. The van der Waals surface area contributed by atoms with Gasteiger partial charge in [-0.2, -0.15) is 0 Å². The van der Waals surface area contributed by atoms with Gasteiger partial charge in [0.1, 0.15) is 5.82 Å². The van der Waals surface area contributed by atoms with Crippen molar-refractivity contribution in [2.75, 3.05) is 30.7 Å². The topological polar surface area (TPSA) is 52.7 Å². The molecule has 0 bridgehead atoms. The van der Waals surface area contributed by atoms with Gasteiger partial charge in [-0.15, -0.1) is 11.8 Å². The van der Waals surface area contributed by atoms with Crippen LogP contribution in [0, 0.1) is 5.82 Å². The Morgan fingerprint density at radius 2 is 1.83 bits per heavy atom. The number of nitrogens with zero attached hydrogens (tertiary/aromatic N) is 2. The summed E-state index contributed by atoms with van der Waals surface area (Å²) < 4.78 is 13.3. The molecule has 2 fully saturated rings. The van der Waals surface area contributed by atoms with Crippen molar-refractivity contribution in [3.63, 3.8) is 0 Å². The monoisotopic (exact) mass is 433 g/mol. The maximum atomic E-state index is 13.3. The molecule has 0 aromatic heterocycles. The van der Waals surface area contributed by atoms with Crippen LogP contribution >= 0.6 is 23.4 Å². The van der Waals surface area contributed by atoms with E-state index in [0.717, 1.165) is 5.75 Å². The van der Waals surface area contributed by atoms with Crippen LogP contribution < -0.4 is 5.32 Å². The molecule has 1 N–H and O–H groups in total. The van der Waals surface area contributed by atoms with E-state index in [4.69, 9.17) is 11.6 Å². The Labute approximate surface area is 178 Å². The standard InChI is InChI=1S/C21H21ClFN3O2S/c22-18-7-2-1-6-17(18)19(27)26-12-13-29-21(26)8-10-25(11-9-21)20(28)24-16-5-3-4-15(23)14-16/h1-7,14H,8-13H2,(H,24,28). The van der Waals surface area contributed by atoms with Crippen LogP contribution in [0.2, 0.25) is 5.02 Å². The van der Waals surface area contributed by atoms with Crippen molar-refractivity contribution in [1.82, 2.24) is 9.80 Å². The van der Waals surface area contributed by atoms with Gasteiger partial charge in [0, 0.05) is 31.1 Å². The SMILES string of the molecule is O=C(Nc1cccc(F)c1)N1CCC2(CC1)SCCN2C(=O)c1ccccc1Cl. The van der Waals surface area contributed by atoms with Gasteiger partial charge in [-0.3, -0.25) is 4.79 Å². The molecule has 2 aliphatic heterocycles. The summed E-state index contributed by atoms with van der Waals surface area (Å²) in [5.74, 6) is 0.417. The number of halogens is 2. The highest BCUT2D eigenvalue weighted by Gasteiger charge is 2.47. The minimum Gasteiger partial charge on any atom is -0.324 e. The number of piperidine rings is 1. The zero-order valence-electron chi connectivity index (χ0n) is 15.7. The summed E-state index contributed by atoms with van der Waals surface area (Å²) in [6, 6.07) is 12.7. The van der Waals surface area contributed by atoms with E-state index in [1.165, 1.54) is 12.1 Å². The van der Waals surface area contributed by atoms with Crippen molar-refractivity contribution >= 4 is 41.0 Å². The first-order chi connectivity index (χ1) is 14.0. The first kappa shape index (κ1) is 20.0. The van der Waals surface area contributed by atoms with Gasteiger partial charge >= 0.3 is 6.03 Å². The first-order valence-electron chi connectivity index (χ1n) is 9.50. The molecular formula is C21H21ClFN3O2S. The maximum absolute atomic E-state index is 13.3. The fraction of sp³-hybridized carbons (Fsp3) is 0.333. The fourth-order valence-corrected chi connectivity index (χ4v) is 5.59. The molecule has 0 atom stereocenters. The van der Waals surface area contributed by atoms with E-state index < -0.39 is 5.82 Å². The molecule has 2 aromatic carbocycles. The summed E-state index contributed by atoms with van der Waals surface area (Å²) in [6.07, 6.45) is 1.37. The van der Waals surface area contributed by atoms with Crippen LogP contribution in [0.25, 0.3) is 0 Å². The second-order valence-corrected chi connectivity index (χ2v) is 9.02. The minimum atomic E-state index is -0.392. The number of likely N-dealkylation sites (tertiary alicyclic amines) is 1. The number of carbonyl (C=O) groups excluding carboxylic acids is 2. The molecule has 2 aliphatic rings. The quantitative estimate of drug-likeness (QED) is 0.747. The van der Waals surface area contributed by atoms with E-state index in [1.807, 2.05) is 17.0 Å². The Hall–Kier alpha value is -2.25. The zero-order valence-corrected chi connectivity index (χ0v) is 17.3. The van der Waals surface area contributed by atoms with Crippen LogP contribution in [0.5, 0.6) is 0 Å². The third-order valence-corrected chi connectivity index (χ3v) is 7.32. The summed E-state index contributed by atoms with van der Waals surface area (Å²) in [5.41, 5.74) is 0.948. The smallest absolute Gasteiger partial charge is 0.321 e. The maximum Gasteiger partial charge on any atom is 0.321 e. The van der Waals surface area contributed by atoms with Crippen LogP contribution in [-0.2, 0) is 0 Å². The molecule has 0 aliphatic carbocycles. The molecule has 2 saturated heterocycles. The van der Waals surface area contributed by atoms with E-state index in [9.17, 15) is 14.0 Å². The average molecular weight is 434 g/mol. The molecule has 3 amide bonds. The van der Waals surface area contributed by atoms with Crippen molar-refractivity contribution < 1.29 is 14.0 Å². The van der Waals surface area contributed by atoms with E-state index in [0.29, 0.717) is 48.7 Å². The molecule has 2 heterocycles. The lowest BCUT2D eigenvalue weighted by Crippen LogP contribution is -2.54. The average Bonchev–Trinajstić information content (AvgIpc) is 3.11. The number of rotatable bonds is 2. The Bertz CT molecular complexity index is 934. The van der Waals surface area contributed by atoms with Crippen LogP contribution in [0.15, 0.2) is 48.5 Å². The Morgan fingerprint density at radius 1 is 1.07 bits per heavy atom. The molecular weight excluding hydrogens is 413 g/mol. The molecule has 4 rings (SSSR count). The Balaban J connectivity index is 1.43. The fourth-order valence-electron chi connectivity index (χ4n) is 3.92. The number of thioether (sulfide) groups is 1. The lowest BCUT2D eigenvalue weighted by molar-refractivity contribution is 0.0586. The van der Waals surface area contributed by atoms with Crippen molar-refractivity contribution in [2.24, 2.45) is 0 Å². The summed E-state index contributed by atoms with van der Waals surface area (Å²) in [6.45, 7) is 1.73. The lowest BCUT2D eigenvalue weighted by Gasteiger charge is -2.44.